The molecule has 174 valence electrons. The Kier molecular flexibility index (Phi) is 7.25. The van der Waals surface area contributed by atoms with Gasteiger partial charge < -0.3 is 15.3 Å². The van der Waals surface area contributed by atoms with Crippen molar-refractivity contribution < 1.29 is 19.1 Å². The molecule has 2 N–H and O–H groups in total. The molecule has 3 atom stereocenters. The third kappa shape index (κ3) is 4.96. The van der Waals surface area contributed by atoms with Crippen LogP contribution < -0.4 is 5.32 Å². The SMILES string of the molecule is Cc1c(C(C)NC(=O)C2CC(O)CN2C(=O)CC(C)C)ccc(-c2cc(Cl)nn2C)c1F. The maximum Gasteiger partial charge on any atom is 0.243 e. The molecular formula is C23H30ClFN4O3. The van der Waals surface area contributed by atoms with Crippen LogP contribution in [-0.2, 0) is 16.6 Å². The highest BCUT2D eigenvalue weighted by Gasteiger charge is 2.39. The smallest absolute Gasteiger partial charge is 0.243 e. The Morgan fingerprint density at radius 3 is 2.62 bits per heavy atom. The van der Waals surface area contributed by atoms with Crippen molar-refractivity contribution in [2.45, 2.75) is 58.7 Å². The number of likely N-dealkylation sites (tertiary alicyclic amines) is 1. The van der Waals surface area contributed by atoms with Crippen molar-refractivity contribution in [3.05, 3.63) is 40.3 Å². The quantitative estimate of drug-likeness (QED) is 0.686. The van der Waals surface area contributed by atoms with Crippen LogP contribution in [0.4, 0.5) is 4.39 Å². The van der Waals surface area contributed by atoms with Crippen molar-refractivity contribution in [1.82, 2.24) is 20.0 Å². The third-order valence-corrected chi connectivity index (χ3v) is 6.05. The van der Waals surface area contributed by atoms with Crippen LogP contribution in [-0.4, -0.2) is 50.3 Å². The van der Waals surface area contributed by atoms with Gasteiger partial charge in [0.2, 0.25) is 11.8 Å². The van der Waals surface area contributed by atoms with E-state index in [1.54, 1.807) is 39.1 Å². The molecule has 0 radical (unpaired) electrons. The summed E-state index contributed by atoms with van der Waals surface area (Å²) in [6, 6.07) is 3.79. The Morgan fingerprint density at radius 1 is 1.34 bits per heavy atom. The van der Waals surface area contributed by atoms with Gasteiger partial charge in [-0.3, -0.25) is 14.3 Å². The van der Waals surface area contributed by atoms with Crippen LogP contribution in [0.1, 0.15) is 50.8 Å². The van der Waals surface area contributed by atoms with Crippen molar-refractivity contribution in [2.24, 2.45) is 13.0 Å². The van der Waals surface area contributed by atoms with Gasteiger partial charge in [-0.25, -0.2) is 4.39 Å². The second-order valence-electron chi connectivity index (χ2n) is 8.90. The highest BCUT2D eigenvalue weighted by atomic mass is 35.5. The fraction of sp³-hybridized carbons (Fsp3) is 0.522. The van der Waals surface area contributed by atoms with Gasteiger partial charge in [0, 0.05) is 38.1 Å². The molecule has 9 heteroatoms. The molecule has 0 spiro atoms. The van der Waals surface area contributed by atoms with Gasteiger partial charge in [-0.15, -0.1) is 0 Å². The summed E-state index contributed by atoms with van der Waals surface area (Å²) >= 11 is 5.93. The predicted molar refractivity (Wildman–Crippen MR) is 120 cm³/mol. The van der Waals surface area contributed by atoms with Crippen LogP contribution >= 0.6 is 11.6 Å². The minimum Gasteiger partial charge on any atom is -0.391 e. The van der Waals surface area contributed by atoms with Crippen LogP contribution in [0.2, 0.25) is 5.15 Å². The lowest BCUT2D eigenvalue weighted by atomic mass is 9.97. The Bertz CT molecular complexity index is 1020. The van der Waals surface area contributed by atoms with Crippen LogP contribution in [0.25, 0.3) is 11.3 Å². The topological polar surface area (TPSA) is 87.5 Å². The van der Waals surface area contributed by atoms with E-state index in [2.05, 4.69) is 10.4 Å². The Morgan fingerprint density at radius 2 is 2.03 bits per heavy atom. The number of β-amino-alcohol motifs (C(OH)–C–C–N with tert-alkyl or cyclic N) is 1. The molecule has 1 aromatic heterocycles. The Hall–Kier alpha value is -2.45. The number of halogens is 2. The van der Waals surface area contributed by atoms with Crippen LogP contribution in [0, 0.1) is 18.7 Å². The first-order chi connectivity index (χ1) is 15.0. The first kappa shape index (κ1) is 24.2. The number of aromatic nitrogens is 2. The summed E-state index contributed by atoms with van der Waals surface area (Å²) < 4.78 is 16.7. The molecule has 7 nitrogen and oxygen atoms in total. The van der Waals surface area contributed by atoms with Crippen LogP contribution in [0.5, 0.6) is 0 Å². The van der Waals surface area contributed by atoms with E-state index in [4.69, 9.17) is 11.6 Å². The summed E-state index contributed by atoms with van der Waals surface area (Å²) in [6.45, 7) is 7.44. The molecule has 0 aliphatic carbocycles. The first-order valence-corrected chi connectivity index (χ1v) is 11.1. The second-order valence-corrected chi connectivity index (χ2v) is 9.28. The van der Waals surface area contributed by atoms with Crippen LogP contribution in [0.15, 0.2) is 18.2 Å². The van der Waals surface area contributed by atoms with Crippen molar-refractivity contribution in [3.8, 4) is 11.3 Å². The van der Waals surface area contributed by atoms with Gasteiger partial charge in [0.05, 0.1) is 17.8 Å². The van der Waals surface area contributed by atoms with Gasteiger partial charge in [-0.05, 0) is 37.0 Å². The average molecular weight is 465 g/mol. The molecule has 1 aliphatic rings. The van der Waals surface area contributed by atoms with E-state index in [-0.39, 0.29) is 35.9 Å². The van der Waals surface area contributed by atoms with Gasteiger partial charge in [0.15, 0.2) is 5.15 Å². The minimum atomic E-state index is -0.736. The molecule has 3 unspecified atom stereocenters. The first-order valence-electron chi connectivity index (χ1n) is 10.8. The van der Waals surface area contributed by atoms with E-state index in [1.165, 1.54) is 9.58 Å². The summed E-state index contributed by atoms with van der Waals surface area (Å²) in [6.07, 6.45) is -0.229. The molecule has 1 aliphatic heterocycles. The summed E-state index contributed by atoms with van der Waals surface area (Å²) in [5.74, 6) is -0.756. The molecule has 0 saturated carbocycles. The Balaban J connectivity index is 1.78. The third-order valence-electron chi connectivity index (χ3n) is 5.86. The maximum atomic E-state index is 15.2. The molecule has 2 amide bonds. The van der Waals surface area contributed by atoms with Gasteiger partial charge in [-0.2, -0.15) is 5.10 Å². The number of carbonyl (C=O) groups is 2. The minimum absolute atomic E-state index is 0.146. The molecule has 32 heavy (non-hydrogen) atoms. The number of rotatable bonds is 6. The zero-order chi connectivity index (χ0) is 23.7. The summed E-state index contributed by atoms with van der Waals surface area (Å²) in [7, 11) is 1.69. The molecule has 1 aromatic carbocycles. The summed E-state index contributed by atoms with van der Waals surface area (Å²) in [5.41, 5.74) is 1.97. The summed E-state index contributed by atoms with van der Waals surface area (Å²) in [4.78, 5) is 27.0. The highest BCUT2D eigenvalue weighted by molar-refractivity contribution is 6.29. The zero-order valence-electron chi connectivity index (χ0n) is 19.0. The number of aliphatic hydroxyl groups is 1. The van der Waals surface area contributed by atoms with E-state index < -0.39 is 24.0 Å². The number of carbonyl (C=O) groups excluding carboxylic acids is 2. The Labute approximate surface area is 192 Å². The standard InChI is InChI=1S/C23H30ClFN4O3/c1-12(2)8-21(31)29-11-15(30)9-19(29)23(32)26-14(4)16-6-7-17(22(25)13(16)3)18-10-20(24)27-28(18)5/h6-7,10,12,14-15,19,30H,8-9,11H2,1-5H3,(H,26,32). The lowest BCUT2D eigenvalue weighted by Gasteiger charge is -2.26. The largest absolute Gasteiger partial charge is 0.391 e. The predicted octanol–water partition coefficient (Wildman–Crippen LogP) is 3.37. The molecule has 3 rings (SSSR count). The number of amides is 2. The normalized spacial score (nSPS) is 19.5. The van der Waals surface area contributed by atoms with Crippen LogP contribution in [0.3, 0.4) is 0 Å². The maximum absolute atomic E-state index is 15.2. The number of nitrogens with zero attached hydrogens (tertiary/aromatic N) is 3. The average Bonchev–Trinajstić information content (AvgIpc) is 3.25. The molecule has 0 bridgehead atoms. The van der Waals surface area contributed by atoms with Crippen molar-refractivity contribution in [1.29, 1.82) is 0 Å². The highest BCUT2D eigenvalue weighted by Crippen LogP contribution is 2.31. The number of benzene rings is 1. The van der Waals surface area contributed by atoms with Crippen molar-refractivity contribution in [3.63, 3.8) is 0 Å². The lowest BCUT2D eigenvalue weighted by Crippen LogP contribution is -2.46. The van der Waals surface area contributed by atoms with Crippen molar-refractivity contribution in [2.75, 3.05) is 6.54 Å². The van der Waals surface area contributed by atoms with Gasteiger partial charge >= 0.3 is 0 Å². The van der Waals surface area contributed by atoms with E-state index >= 15 is 4.39 Å². The van der Waals surface area contributed by atoms with E-state index in [1.807, 2.05) is 13.8 Å². The summed E-state index contributed by atoms with van der Waals surface area (Å²) in [5, 5.41) is 17.3. The van der Waals surface area contributed by atoms with Crippen molar-refractivity contribution >= 4 is 23.4 Å². The molecule has 1 saturated heterocycles. The fourth-order valence-corrected chi connectivity index (χ4v) is 4.46. The van der Waals surface area contributed by atoms with Gasteiger partial charge in [-0.1, -0.05) is 31.5 Å². The molecular weight excluding hydrogens is 435 g/mol. The molecule has 2 heterocycles. The van der Waals surface area contributed by atoms with E-state index in [9.17, 15) is 14.7 Å². The number of hydrogen-bond donors (Lipinski definition) is 2. The molecule has 1 fully saturated rings. The number of nitrogens with one attached hydrogen (secondary N) is 1. The number of hydrogen-bond acceptors (Lipinski definition) is 4. The van der Waals surface area contributed by atoms with E-state index in [0.29, 0.717) is 28.8 Å². The lowest BCUT2D eigenvalue weighted by molar-refractivity contribution is -0.139. The second kappa shape index (κ2) is 9.58. The monoisotopic (exact) mass is 464 g/mol. The zero-order valence-corrected chi connectivity index (χ0v) is 19.8. The van der Waals surface area contributed by atoms with Gasteiger partial charge in [0.25, 0.3) is 0 Å². The van der Waals surface area contributed by atoms with Gasteiger partial charge in [0.1, 0.15) is 11.9 Å². The number of aliphatic hydroxyl groups excluding tert-OH is 1. The van der Waals surface area contributed by atoms with E-state index in [0.717, 1.165) is 0 Å². The molecule has 2 aromatic rings. The fourth-order valence-electron chi connectivity index (χ4n) is 4.24. The number of aryl methyl sites for hydroxylation is 1.